The number of amides is 2. The fraction of sp³-hybridized carbons (Fsp3) is 0.304. The van der Waals surface area contributed by atoms with E-state index in [4.69, 9.17) is 0 Å². The highest BCUT2D eigenvalue weighted by atomic mass is 32.1. The second kappa shape index (κ2) is 9.11. The highest BCUT2D eigenvalue weighted by molar-refractivity contribution is 7.13. The minimum atomic E-state index is -0.131. The zero-order valence-corrected chi connectivity index (χ0v) is 19.4. The molecule has 6 nitrogen and oxygen atoms in total. The van der Waals surface area contributed by atoms with Crippen LogP contribution >= 0.6 is 22.7 Å². The van der Waals surface area contributed by atoms with E-state index in [1.165, 1.54) is 16.9 Å². The molecule has 1 aliphatic heterocycles. The zero-order chi connectivity index (χ0) is 22.0. The molecular weight excluding hydrogens is 428 g/mol. The van der Waals surface area contributed by atoms with Crippen molar-refractivity contribution in [1.29, 1.82) is 0 Å². The topological polar surface area (TPSA) is 75.2 Å². The number of nitrogens with zero attached hydrogens (tertiary/aromatic N) is 3. The van der Waals surface area contributed by atoms with Crippen molar-refractivity contribution in [3.63, 3.8) is 0 Å². The maximum Gasteiger partial charge on any atom is 0.266 e. The first-order valence-corrected chi connectivity index (χ1v) is 11.8. The standard InChI is InChI=1S/C23H24N4O2S2/c1-14-20(12-25-21(28)7-6-18-5-4-10-30-18)19-8-9-27(13-17(19)11-24-14)23(29)22-15(2)26-16(3)31-22/h4-7,10-11H,8-9,12-13H2,1-3H3,(H,25,28). The van der Waals surface area contributed by atoms with Gasteiger partial charge in [0.05, 0.1) is 10.7 Å². The Bertz CT molecular complexity index is 1150. The van der Waals surface area contributed by atoms with Crippen molar-refractivity contribution < 1.29 is 9.59 Å². The van der Waals surface area contributed by atoms with Crippen LogP contribution in [0.4, 0.5) is 0 Å². The molecule has 160 valence electrons. The minimum absolute atomic E-state index is 0.0305. The number of aryl methyl sites for hydroxylation is 3. The predicted molar refractivity (Wildman–Crippen MR) is 124 cm³/mol. The summed E-state index contributed by atoms with van der Waals surface area (Å²) in [5.41, 5.74) is 4.99. The fourth-order valence-electron chi connectivity index (χ4n) is 3.78. The van der Waals surface area contributed by atoms with Gasteiger partial charge in [-0.3, -0.25) is 14.6 Å². The molecule has 4 heterocycles. The molecule has 0 unspecified atom stereocenters. The maximum absolute atomic E-state index is 13.0. The second-order valence-electron chi connectivity index (χ2n) is 7.52. The number of thiazole rings is 1. The first-order valence-electron chi connectivity index (χ1n) is 10.1. The quantitative estimate of drug-likeness (QED) is 0.593. The van der Waals surface area contributed by atoms with Gasteiger partial charge in [0, 0.05) is 42.5 Å². The van der Waals surface area contributed by atoms with Crippen LogP contribution in [0, 0.1) is 20.8 Å². The fourth-order valence-corrected chi connectivity index (χ4v) is 5.29. The molecule has 1 N–H and O–H groups in total. The number of rotatable bonds is 5. The predicted octanol–water partition coefficient (Wildman–Crippen LogP) is 4.05. The summed E-state index contributed by atoms with van der Waals surface area (Å²) in [6.45, 7) is 7.36. The Balaban J connectivity index is 1.46. The molecule has 3 aromatic heterocycles. The van der Waals surface area contributed by atoms with E-state index < -0.39 is 0 Å². The van der Waals surface area contributed by atoms with Crippen molar-refractivity contribution in [2.24, 2.45) is 0 Å². The Morgan fingerprint density at radius 3 is 2.81 bits per heavy atom. The van der Waals surface area contributed by atoms with Crippen LogP contribution in [-0.2, 0) is 24.3 Å². The van der Waals surface area contributed by atoms with Crippen LogP contribution < -0.4 is 5.32 Å². The number of fused-ring (bicyclic) bond motifs is 1. The van der Waals surface area contributed by atoms with Gasteiger partial charge >= 0.3 is 0 Å². The molecule has 0 aromatic carbocycles. The molecule has 0 saturated carbocycles. The third kappa shape index (κ3) is 4.75. The lowest BCUT2D eigenvalue weighted by Crippen LogP contribution is -2.37. The van der Waals surface area contributed by atoms with Gasteiger partial charge in [0.2, 0.25) is 5.91 Å². The monoisotopic (exact) mass is 452 g/mol. The lowest BCUT2D eigenvalue weighted by atomic mass is 9.94. The average Bonchev–Trinajstić information content (AvgIpc) is 3.39. The number of thiophene rings is 1. The van der Waals surface area contributed by atoms with Crippen molar-refractivity contribution in [2.45, 2.75) is 40.3 Å². The van der Waals surface area contributed by atoms with Gasteiger partial charge in [-0.1, -0.05) is 6.07 Å². The van der Waals surface area contributed by atoms with Crippen LogP contribution in [0.5, 0.6) is 0 Å². The summed E-state index contributed by atoms with van der Waals surface area (Å²) in [6, 6.07) is 3.93. The molecule has 4 rings (SSSR count). The number of pyridine rings is 1. The molecule has 0 radical (unpaired) electrons. The summed E-state index contributed by atoms with van der Waals surface area (Å²) < 4.78 is 0. The van der Waals surface area contributed by atoms with Gasteiger partial charge in [-0.15, -0.1) is 22.7 Å². The summed E-state index contributed by atoms with van der Waals surface area (Å²) >= 11 is 3.04. The summed E-state index contributed by atoms with van der Waals surface area (Å²) in [6.07, 6.45) is 5.98. The normalized spacial score (nSPS) is 13.5. The number of hydrogen-bond acceptors (Lipinski definition) is 6. The van der Waals surface area contributed by atoms with Gasteiger partial charge in [0.15, 0.2) is 0 Å². The van der Waals surface area contributed by atoms with Gasteiger partial charge in [-0.05, 0) is 61.4 Å². The van der Waals surface area contributed by atoms with Crippen LogP contribution in [0.15, 0.2) is 29.8 Å². The molecule has 8 heteroatoms. The number of carbonyl (C=O) groups excluding carboxylic acids is 2. The van der Waals surface area contributed by atoms with Gasteiger partial charge in [-0.25, -0.2) is 4.98 Å². The van der Waals surface area contributed by atoms with E-state index in [0.29, 0.717) is 24.5 Å². The summed E-state index contributed by atoms with van der Waals surface area (Å²) in [5, 5.41) is 5.86. The number of hydrogen-bond donors (Lipinski definition) is 1. The molecule has 0 fully saturated rings. The van der Waals surface area contributed by atoms with Crippen molar-refractivity contribution >= 4 is 40.6 Å². The molecule has 0 saturated heterocycles. The van der Waals surface area contributed by atoms with Crippen molar-refractivity contribution in [3.8, 4) is 0 Å². The molecule has 2 amide bonds. The zero-order valence-electron chi connectivity index (χ0n) is 17.8. The van der Waals surface area contributed by atoms with Crippen LogP contribution in [0.1, 0.15) is 47.6 Å². The molecule has 0 bridgehead atoms. The highest BCUT2D eigenvalue weighted by Crippen LogP contribution is 2.27. The van der Waals surface area contributed by atoms with E-state index in [1.54, 1.807) is 17.4 Å². The summed E-state index contributed by atoms with van der Waals surface area (Å²) in [5.74, 6) is -0.100. The van der Waals surface area contributed by atoms with E-state index in [1.807, 2.05) is 55.5 Å². The van der Waals surface area contributed by atoms with E-state index >= 15 is 0 Å². The highest BCUT2D eigenvalue weighted by Gasteiger charge is 2.27. The number of aromatic nitrogens is 2. The maximum atomic E-state index is 13.0. The van der Waals surface area contributed by atoms with Crippen molar-refractivity contribution in [1.82, 2.24) is 20.2 Å². The van der Waals surface area contributed by atoms with E-state index in [2.05, 4.69) is 15.3 Å². The largest absolute Gasteiger partial charge is 0.348 e. The smallest absolute Gasteiger partial charge is 0.266 e. The molecule has 31 heavy (non-hydrogen) atoms. The van der Waals surface area contributed by atoms with Crippen LogP contribution in [0.3, 0.4) is 0 Å². The number of nitrogens with one attached hydrogen (secondary N) is 1. The van der Waals surface area contributed by atoms with E-state index in [-0.39, 0.29) is 11.8 Å². The minimum Gasteiger partial charge on any atom is -0.348 e. The van der Waals surface area contributed by atoms with Crippen LogP contribution in [-0.4, -0.2) is 33.2 Å². The van der Waals surface area contributed by atoms with Gasteiger partial charge in [-0.2, -0.15) is 0 Å². The van der Waals surface area contributed by atoms with E-state index in [0.717, 1.165) is 38.8 Å². The van der Waals surface area contributed by atoms with Gasteiger partial charge < -0.3 is 10.2 Å². The molecule has 3 aromatic rings. The summed E-state index contributed by atoms with van der Waals surface area (Å²) in [4.78, 5) is 37.8. The molecule has 0 aliphatic carbocycles. The molecule has 0 spiro atoms. The second-order valence-corrected chi connectivity index (χ2v) is 9.70. The van der Waals surface area contributed by atoms with Crippen molar-refractivity contribution in [2.75, 3.05) is 6.54 Å². The third-order valence-corrected chi connectivity index (χ3v) is 7.26. The average molecular weight is 453 g/mol. The lowest BCUT2D eigenvalue weighted by Gasteiger charge is -2.30. The summed E-state index contributed by atoms with van der Waals surface area (Å²) in [7, 11) is 0. The van der Waals surface area contributed by atoms with Gasteiger partial charge in [0.25, 0.3) is 5.91 Å². The molecule has 0 atom stereocenters. The Labute approximate surface area is 189 Å². The Morgan fingerprint density at radius 1 is 1.26 bits per heavy atom. The van der Waals surface area contributed by atoms with E-state index in [9.17, 15) is 9.59 Å². The number of carbonyl (C=O) groups is 2. The third-order valence-electron chi connectivity index (χ3n) is 5.36. The first kappa shape index (κ1) is 21.4. The first-order chi connectivity index (χ1) is 14.9. The Hall–Kier alpha value is -2.84. The van der Waals surface area contributed by atoms with Crippen LogP contribution in [0.25, 0.3) is 6.08 Å². The SMILES string of the molecule is Cc1nc(C)c(C(=O)N2CCc3c(cnc(C)c3CNC(=O)C=Cc3cccs3)C2)s1. The Morgan fingerprint density at radius 2 is 2.10 bits per heavy atom. The van der Waals surface area contributed by atoms with Crippen molar-refractivity contribution in [3.05, 3.63) is 72.6 Å². The molecule has 1 aliphatic rings. The van der Waals surface area contributed by atoms with Crippen LogP contribution in [0.2, 0.25) is 0 Å². The molecular formula is C23H24N4O2S2. The van der Waals surface area contributed by atoms with Gasteiger partial charge in [0.1, 0.15) is 4.88 Å². The Kier molecular flexibility index (Phi) is 6.29. The lowest BCUT2D eigenvalue weighted by molar-refractivity contribution is -0.116.